The fourth-order valence-corrected chi connectivity index (χ4v) is 7.74. The van der Waals surface area contributed by atoms with E-state index >= 15 is 0 Å². The van der Waals surface area contributed by atoms with Crippen LogP contribution < -0.4 is 0 Å². The van der Waals surface area contributed by atoms with Gasteiger partial charge in [0, 0.05) is 31.0 Å². The molecule has 170 valence electrons. The minimum atomic E-state index is -0.797. The predicted octanol–water partition coefficient (Wildman–Crippen LogP) is 1.76. The summed E-state index contributed by atoms with van der Waals surface area (Å²) in [7, 11) is 0. The summed E-state index contributed by atoms with van der Waals surface area (Å²) < 4.78 is 4.02. The number of hydrogen-bond acceptors (Lipinski definition) is 6. The molecule has 4 heterocycles. The Kier molecular flexibility index (Phi) is 6.23. The lowest BCUT2D eigenvalue weighted by atomic mass is 9.75. The van der Waals surface area contributed by atoms with E-state index < -0.39 is 27.4 Å². The summed E-state index contributed by atoms with van der Waals surface area (Å²) >= 11 is 1.57. The highest BCUT2D eigenvalue weighted by Crippen LogP contribution is 2.65. The van der Waals surface area contributed by atoms with Crippen LogP contribution in [0.5, 0.6) is 0 Å². The number of aliphatic hydroxyl groups excluding tert-OH is 1. The number of thioether (sulfide) groups is 1. The molecule has 1 N–H and O–H groups in total. The van der Waals surface area contributed by atoms with Crippen LogP contribution in [0.2, 0.25) is 0 Å². The molecule has 2 fully saturated rings. The second-order valence-electron chi connectivity index (χ2n) is 9.03. The highest BCUT2D eigenvalue weighted by atomic mass is 32.2. The van der Waals surface area contributed by atoms with E-state index in [-0.39, 0.29) is 31.0 Å². The van der Waals surface area contributed by atoms with Gasteiger partial charge < -0.3 is 19.6 Å². The number of ether oxygens (including phenoxy) is 1. The number of fused-ring (bicyclic) bond motifs is 2. The van der Waals surface area contributed by atoms with E-state index in [4.69, 9.17) is 4.74 Å². The molecule has 5 atom stereocenters. The van der Waals surface area contributed by atoms with Gasteiger partial charge in [0.2, 0.25) is 11.8 Å². The number of carbonyl (C=O) groups excluding carboxylic acids is 3. The molecule has 7 nitrogen and oxygen atoms in total. The van der Waals surface area contributed by atoms with Gasteiger partial charge in [-0.2, -0.15) is 0 Å². The number of nitrogens with zero attached hydrogens (tertiary/aromatic N) is 2. The van der Waals surface area contributed by atoms with Crippen LogP contribution in [0.1, 0.15) is 39.5 Å². The van der Waals surface area contributed by atoms with Crippen LogP contribution >= 0.6 is 11.8 Å². The van der Waals surface area contributed by atoms with E-state index in [0.717, 1.165) is 12.8 Å². The largest absolute Gasteiger partial charge is 0.461 e. The number of carbonyl (C=O) groups is 3. The molecule has 0 bridgehead atoms. The van der Waals surface area contributed by atoms with Gasteiger partial charge in [0.1, 0.15) is 12.6 Å². The number of likely N-dealkylation sites (tertiary alicyclic amines) is 1. The molecule has 4 rings (SSSR count). The van der Waals surface area contributed by atoms with Gasteiger partial charge in [-0.25, -0.2) is 0 Å². The highest BCUT2D eigenvalue weighted by molar-refractivity contribution is 8.02. The average Bonchev–Trinajstić information content (AvgIpc) is 2.99. The van der Waals surface area contributed by atoms with Gasteiger partial charge >= 0.3 is 5.97 Å². The van der Waals surface area contributed by atoms with Gasteiger partial charge in [-0.3, -0.25) is 14.4 Å². The van der Waals surface area contributed by atoms with E-state index in [1.54, 1.807) is 16.7 Å². The summed E-state index contributed by atoms with van der Waals surface area (Å²) in [5.74, 6) is -1.81. The van der Waals surface area contributed by atoms with E-state index in [2.05, 4.69) is 6.92 Å². The van der Waals surface area contributed by atoms with Gasteiger partial charge in [0.15, 0.2) is 0 Å². The lowest BCUT2D eigenvalue weighted by Crippen LogP contribution is -2.53. The molecule has 0 radical (unpaired) electrons. The van der Waals surface area contributed by atoms with Crippen LogP contribution in [0.25, 0.3) is 0 Å². The van der Waals surface area contributed by atoms with Crippen LogP contribution in [0.4, 0.5) is 0 Å². The third kappa shape index (κ3) is 3.52. The molecule has 0 aromatic rings. The molecule has 0 aromatic heterocycles. The zero-order valence-electron chi connectivity index (χ0n) is 18.3. The summed E-state index contributed by atoms with van der Waals surface area (Å²) in [6.45, 7) is 5.91. The van der Waals surface area contributed by atoms with Gasteiger partial charge in [0.25, 0.3) is 0 Å². The molecule has 31 heavy (non-hydrogen) atoms. The first-order valence-electron chi connectivity index (χ1n) is 11.3. The Morgan fingerprint density at radius 2 is 1.90 bits per heavy atom. The molecule has 2 amide bonds. The molecule has 8 heteroatoms. The summed E-state index contributed by atoms with van der Waals surface area (Å²) in [6, 6.07) is -0.644. The van der Waals surface area contributed by atoms with E-state index in [0.29, 0.717) is 32.5 Å². The fourth-order valence-electron chi connectivity index (χ4n) is 5.59. The number of cyclic esters (lactones) is 1. The standard InChI is InChI=1S/C23H32N2O5S/c1-3-4-11-24-12-7-10-23-16(17-21(29)30-15-8-9-22(17,2)31-23)19(27)25(13-5-6-14-26)18(23)20(24)28/h7-10,16-18,26H,3-6,11-15H2,1-2H3/t16-,17-,18?,22+,23-/m0/s1. The van der Waals surface area contributed by atoms with Crippen molar-refractivity contribution in [3.63, 3.8) is 0 Å². The molecule has 0 aromatic carbocycles. The fraction of sp³-hybridized carbons (Fsp3) is 0.696. The second kappa shape index (κ2) is 8.62. The van der Waals surface area contributed by atoms with Crippen LogP contribution in [-0.4, -0.2) is 81.1 Å². The van der Waals surface area contributed by atoms with Crippen LogP contribution in [0.3, 0.4) is 0 Å². The quantitative estimate of drug-likeness (QED) is 0.363. The number of rotatable bonds is 7. The first kappa shape index (κ1) is 22.4. The number of aliphatic hydroxyl groups is 1. The zero-order valence-corrected chi connectivity index (χ0v) is 19.1. The van der Waals surface area contributed by atoms with Crippen molar-refractivity contribution >= 4 is 29.5 Å². The van der Waals surface area contributed by atoms with E-state index in [1.165, 1.54) is 0 Å². The third-order valence-electron chi connectivity index (χ3n) is 6.98. The van der Waals surface area contributed by atoms with Crippen molar-refractivity contribution < 1.29 is 24.2 Å². The summed E-state index contributed by atoms with van der Waals surface area (Å²) in [5, 5.41) is 9.23. The third-order valence-corrected chi connectivity index (χ3v) is 8.78. The molecule has 2 saturated heterocycles. The van der Waals surface area contributed by atoms with Gasteiger partial charge in [0.05, 0.1) is 16.6 Å². The van der Waals surface area contributed by atoms with E-state index in [1.807, 2.05) is 36.1 Å². The highest BCUT2D eigenvalue weighted by Gasteiger charge is 2.73. The van der Waals surface area contributed by atoms with Crippen molar-refractivity contribution in [2.75, 3.05) is 32.8 Å². The smallest absolute Gasteiger partial charge is 0.311 e. The molecule has 1 spiro atoms. The zero-order chi connectivity index (χ0) is 22.2. The Labute approximate surface area is 187 Å². The van der Waals surface area contributed by atoms with Crippen LogP contribution in [0, 0.1) is 11.8 Å². The Morgan fingerprint density at radius 3 is 2.65 bits per heavy atom. The molecule has 1 unspecified atom stereocenters. The maximum absolute atomic E-state index is 13.8. The number of hydrogen-bond donors (Lipinski definition) is 1. The second-order valence-corrected chi connectivity index (χ2v) is 10.8. The van der Waals surface area contributed by atoms with Crippen molar-refractivity contribution in [3.05, 3.63) is 24.3 Å². The molecule has 4 aliphatic heterocycles. The first-order chi connectivity index (χ1) is 14.9. The minimum Gasteiger partial charge on any atom is -0.461 e. The lowest BCUT2D eigenvalue weighted by molar-refractivity contribution is -0.152. The molecule has 0 aliphatic carbocycles. The van der Waals surface area contributed by atoms with Gasteiger partial charge in [-0.05, 0) is 32.3 Å². The van der Waals surface area contributed by atoms with Crippen molar-refractivity contribution in [3.8, 4) is 0 Å². The Hall–Kier alpha value is -1.80. The van der Waals surface area contributed by atoms with E-state index in [9.17, 15) is 19.5 Å². The first-order valence-corrected chi connectivity index (χ1v) is 12.1. The predicted molar refractivity (Wildman–Crippen MR) is 118 cm³/mol. The Bertz CT molecular complexity index is 814. The number of esters is 1. The normalized spacial score (nSPS) is 36.7. The molecular weight excluding hydrogens is 416 g/mol. The van der Waals surface area contributed by atoms with Crippen LogP contribution in [0.15, 0.2) is 24.3 Å². The maximum atomic E-state index is 13.8. The van der Waals surface area contributed by atoms with Crippen molar-refractivity contribution in [2.24, 2.45) is 11.8 Å². The van der Waals surface area contributed by atoms with Crippen molar-refractivity contribution in [2.45, 2.75) is 55.1 Å². The van der Waals surface area contributed by atoms with Gasteiger partial charge in [-0.1, -0.05) is 31.6 Å². The van der Waals surface area contributed by atoms with Crippen molar-refractivity contribution in [1.29, 1.82) is 0 Å². The van der Waals surface area contributed by atoms with Gasteiger partial charge in [-0.15, -0.1) is 11.8 Å². The lowest BCUT2D eigenvalue weighted by Gasteiger charge is -2.36. The Balaban J connectivity index is 1.78. The molecule has 4 aliphatic rings. The van der Waals surface area contributed by atoms with Crippen molar-refractivity contribution in [1.82, 2.24) is 9.80 Å². The summed E-state index contributed by atoms with van der Waals surface area (Å²) in [6.07, 6.45) is 10.9. The monoisotopic (exact) mass is 448 g/mol. The number of unbranched alkanes of at least 4 members (excludes halogenated alkanes) is 2. The topological polar surface area (TPSA) is 87.2 Å². The Morgan fingerprint density at radius 1 is 1.10 bits per heavy atom. The maximum Gasteiger partial charge on any atom is 0.311 e. The minimum absolute atomic E-state index is 0.0387. The summed E-state index contributed by atoms with van der Waals surface area (Å²) in [5.41, 5.74) is 0. The average molecular weight is 449 g/mol. The molecule has 0 saturated carbocycles. The SMILES string of the molecule is CCCCN1CC=C[C@]23S[C@]4(C)C=CCOC(=O)[C@@H]4[C@H]2C(=O)N(CCCCO)C3C1=O. The molecular formula is C23H32N2O5S. The number of amides is 2. The van der Waals surface area contributed by atoms with Crippen LogP contribution in [-0.2, 0) is 19.1 Å². The summed E-state index contributed by atoms with van der Waals surface area (Å²) in [4.78, 5) is 44.1.